The maximum atomic E-state index is 12.9. The van der Waals surface area contributed by atoms with Crippen LogP contribution in [0.4, 0.5) is 10.5 Å². The van der Waals surface area contributed by atoms with E-state index in [1.165, 1.54) is 0 Å². The molecule has 0 N–H and O–H groups in total. The Labute approximate surface area is 269 Å². The van der Waals surface area contributed by atoms with Crippen LogP contribution in [0.2, 0.25) is 0 Å². The fourth-order valence-corrected chi connectivity index (χ4v) is 5.82. The van der Waals surface area contributed by atoms with Gasteiger partial charge < -0.3 is 33.5 Å². The second-order valence-corrected chi connectivity index (χ2v) is 13.1. The molecular formula is C35H43N5O6. The molecule has 0 spiro atoms. The predicted molar refractivity (Wildman–Crippen MR) is 175 cm³/mol. The van der Waals surface area contributed by atoms with Gasteiger partial charge in [-0.15, -0.1) is 5.10 Å². The van der Waals surface area contributed by atoms with Crippen molar-refractivity contribution in [2.45, 2.75) is 58.7 Å². The Kier molecular flexibility index (Phi) is 8.80. The van der Waals surface area contributed by atoms with E-state index >= 15 is 0 Å². The summed E-state index contributed by atoms with van der Waals surface area (Å²) in [6, 6.07) is 18.1. The van der Waals surface area contributed by atoms with Crippen LogP contribution in [-0.4, -0.2) is 89.8 Å². The summed E-state index contributed by atoms with van der Waals surface area (Å²) in [5.41, 5.74) is 4.17. The van der Waals surface area contributed by atoms with Crippen LogP contribution >= 0.6 is 0 Å². The number of rotatable bonds is 8. The second-order valence-electron chi connectivity index (χ2n) is 13.1. The van der Waals surface area contributed by atoms with Gasteiger partial charge in [-0.05, 0) is 57.9 Å². The number of ether oxygens (including phenoxy) is 5. The molecule has 6 rings (SSSR count). The molecule has 2 aromatic carbocycles. The van der Waals surface area contributed by atoms with Crippen molar-refractivity contribution in [3.8, 4) is 22.8 Å². The van der Waals surface area contributed by atoms with E-state index < -0.39 is 11.4 Å². The van der Waals surface area contributed by atoms with E-state index in [1.807, 2.05) is 88.0 Å². The van der Waals surface area contributed by atoms with Crippen molar-refractivity contribution in [3.63, 3.8) is 0 Å². The van der Waals surface area contributed by atoms with Crippen LogP contribution in [0.1, 0.15) is 40.2 Å². The van der Waals surface area contributed by atoms with Crippen molar-refractivity contribution in [1.82, 2.24) is 19.7 Å². The minimum Gasteiger partial charge on any atom is -0.497 e. The van der Waals surface area contributed by atoms with Crippen molar-refractivity contribution in [2.75, 3.05) is 51.4 Å². The van der Waals surface area contributed by atoms with Gasteiger partial charge in [0.1, 0.15) is 29.4 Å². The average molecular weight is 630 g/mol. The van der Waals surface area contributed by atoms with Crippen LogP contribution < -0.4 is 14.4 Å². The highest BCUT2D eigenvalue weighted by atomic mass is 16.7. The highest BCUT2D eigenvalue weighted by Gasteiger charge is 2.34. The van der Waals surface area contributed by atoms with Crippen LogP contribution in [-0.2, 0) is 20.8 Å². The van der Waals surface area contributed by atoms with Gasteiger partial charge in [0.2, 0.25) is 5.88 Å². The van der Waals surface area contributed by atoms with E-state index in [0.717, 1.165) is 33.5 Å². The van der Waals surface area contributed by atoms with Crippen LogP contribution in [0.5, 0.6) is 11.6 Å². The first kappa shape index (κ1) is 31.6. The number of piperazine rings is 1. The third-order valence-corrected chi connectivity index (χ3v) is 8.00. The molecule has 2 aromatic heterocycles. The lowest BCUT2D eigenvalue weighted by Crippen LogP contribution is -2.50. The summed E-state index contributed by atoms with van der Waals surface area (Å²) in [5, 5.41) is 5.81. The first-order valence-corrected chi connectivity index (χ1v) is 15.7. The number of fused-ring (bicyclic) bond motifs is 1. The highest BCUT2D eigenvalue weighted by Crippen LogP contribution is 2.42. The van der Waals surface area contributed by atoms with E-state index in [0.29, 0.717) is 50.9 Å². The maximum absolute atomic E-state index is 12.9. The molecule has 4 aromatic rings. The van der Waals surface area contributed by atoms with Crippen LogP contribution in [0, 0.1) is 0 Å². The molecule has 0 radical (unpaired) electrons. The van der Waals surface area contributed by atoms with E-state index in [9.17, 15) is 4.79 Å². The van der Waals surface area contributed by atoms with Crippen molar-refractivity contribution >= 4 is 22.8 Å². The first-order valence-electron chi connectivity index (χ1n) is 15.7. The zero-order chi connectivity index (χ0) is 32.5. The molecule has 0 aliphatic carbocycles. The summed E-state index contributed by atoms with van der Waals surface area (Å²) in [6.07, 6.45) is 1.39. The summed E-state index contributed by atoms with van der Waals surface area (Å²) in [6.45, 7) is 12.9. The normalized spacial score (nSPS) is 18.2. The van der Waals surface area contributed by atoms with E-state index in [1.54, 1.807) is 12.0 Å². The molecule has 2 fully saturated rings. The largest absolute Gasteiger partial charge is 0.497 e. The lowest BCUT2D eigenvalue weighted by Gasteiger charge is -2.37. The molecule has 2 saturated heterocycles. The summed E-state index contributed by atoms with van der Waals surface area (Å²) < 4.78 is 31.2. The molecule has 0 saturated carbocycles. The maximum Gasteiger partial charge on any atom is 0.410 e. The quantitative estimate of drug-likeness (QED) is 0.242. The molecule has 1 unspecified atom stereocenters. The Morgan fingerprint density at radius 1 is 1.02 bits per heavy atom. The number of aromatic nitrogens is 3. The Bertz CT molecular complexity index is 1660. The fourth-order valence-electron chi connectivity index (χ4n) is 5.82. The third-order valence-electron chi connectivity index (χ3n) is 8.00. The van der Waals surface area contributed by atoms with Gasteiger partial charge in [0.15, 0.2) is 11.4 Å². The molecule has 11 heteroatoms. The number of amides is 1. The molecule has 4 heterocycles. The smallest absolute Gasteiger partial charge is 0.410 e. The summed E-state index contributed by atoms with van der Waals surface area (Å²) >= 11 is 0. The van der Waals surface area contributed by atoms with E-state index in [2.05, 4.69) is 17.0 Å². The number of carbonyl (C=O) groups excluding carboxylic acids is 1. The Balaban J connectivity index is 1.40. The Morgan fingerprint density at radius 3 is 2.37 bits per heavy atom. The highest BCUT2D eigenvalue weighted by molar-refractivity contribution is 6.02. The van der Waals surface area contributed by atoms with Crippen LogP contribution in [0.25, 0.3) is 22.2 Å². The lowest BCUT2D eigenvalue weighted by atomic mass is 10.0. The number of anilines is 1. The van der Waals surface area contributed by atoms with Gasteiger partial charge >= 0.3 is 6.09 Å². The number of nitrogens with zero attached hydrogens (tertiary/aromatic N) is 5. The van der Waals surface area contributed by atoms with Gasteiger partial charge in [0, 0.05) is 37.9 Å². The number of hydrogen-bond donors (Lipinski definition) is 0. The third kappa shape index (κ3) is 7.05. The molecule has 11 nitrogen and oxygen atoms in total. The molecular weight excluding hydrogens is 586 g/mol. The molecule has 46 heavy (non-hydrogen) atoms. The second kappa shape index (κ2) is 12.8. The summed E-state index contributed by atoms with van der Waals surface area (Å²) in [4.78, 5) is 21.9. The zero-order valence-electron chi connectivity index (χ0n) is 27.5. The topological polar surface area (TPSA) is 100 Å². The fraction of sp³-hybridized carbons (Fsp3) is 0.457. The van der Waals surface area contributed by atoms with Crippen LogP contribution in [0.15, 0.2) is 60.8 Å². The zero-order valence-corrected chi connectivity index (χ0v) is 27.5. The van der Waals surface area contributed by atoms with Gasteiger partial charge in [0.05, 0.1) is 25.9 Å². The van der Waals surface area contributed by atoms with Gasteiger partial charge in [-0.25, -0.2) is 14.5 Å². The van der Waals surface area contributed by atoms with Gasteiger partial charge in [-0.1, -0.05) is 42.5 Å². The monoisotopic (exact) mass is 629 g/mol. The van der Waals surface area contributed by atoms with Crippen molar-refractivity contribution in [2.24, 2.45) is 0 Å². The summed E-state index contributed by atoms with van der Waals surface area (Å²) in [5.74, 6) is 0.607. The number of carbonyl (C=O) groups is 1. The van der Waals surface area contributed by atoms with Crippen molar-refractivity contribution < 1.29 is 28.5 Å². The van der Waals surface area contributed by atoms with Crippen LogP contribution in [0.3, 0.4) is 0 Å². The first-order chi connectivity index (χ1) is 22.0. The lowest BCUT2D eigenvalue weighted by molar-refractivity contribution is -0.141. The Morgan fingerprint density at radius 2 is 1.74 bits per heavy atom. The molecule has 2 aliphatic heterocycles. The minimum absolute atomic E-state index is 0.233. The standard InChI is InChI=1S/C35H43N5O6/c1-34(2,3)46-33(41)39-18-16-38(17-19-39)30-28(25-10-8-7-9-11-25)20-36-31-29(30)32(43-22-27-23-44-35(4,5)45-27)37-40(31)21-24-12-14-26(42-6)15-13-24/h7-15,20,27H,16-19,21-23H2,1-6H3. The molecule has 1 amide bonds. The number of pyridine rings is 1. The molecule has 244 valence electrons. The molecule has 1 atom stereocenters. The predicted octanol–water partition coefficient (Wildman–Crippen LogP) is 5.74. The van der Waals surface area contributed by atoms with Gasteiger partial charge in [-0.2, -0.15) is 0 Å². The number of hydrogen-bond acceptors (Lipinski definition) is 9. The SMILES string of the molecule is COc1ccc(Cn2nc(OCC3COC(C)(C)O3)c3c(N4CCN(C(=O)OC(C)(C)C)CC4)c(-c4ccccc4)cnc32)cc1. The summed E-state index contributed by atoms with van der Waals surface area (Å²) in [7, 11) is 1.66. The van der Waals surface area contributed by atoms with E-state index in [4.69, 9.17) is 33.8 Å². The number of methoxy groups -OCH3 is 1. The molecule has 0 bridgehead atoms. The molecule has 2 aliphatic rings. The van der Waals surface area contributed by atoms with Crippen molar-refractivity contribution in [1.29, 1.82) is 0 Å². The van der Waals surface area contributed by atoms with Gasteiger partial charge in [-0.3, -0.25) is 0 Å². The number of benzene rings is 2. The minimum atomic E-state index is -0.662. The van der Waals surface area contributed by atoms with E-state index in [-0.39, 0.29) is 18.8 Å². The van der Waals surface area contributed by atoms with Crippen molar-refractivity contribution in [3.05, 3.63) is 66.4 Å². The van der Waals surface area contributed by atoms with Gasteiger partial charge in [0.25, 0.3) is 0 Å². The Hall–Kier alpha value is -4.35. The average Bonchev–Trinajstić information content (AvgIpc) is 3.57.